The van der Waals surface area contributed by atoms with Gasteiger partial charge in [-0.1, -0.05) is 17.8 Å². The van der Waals surface area contributed by atoms with Crippen LogP contribution in [0.2, 0.25) is 0 Å². The van der Waals surface area contributed by atoms with E-state index in [1.165, 1.54) is 19.2 Å². The summed E-state index contributed by atoms with van der Waals surface area (Å²) in [6.07, 6.45) is 1.64. The summed E-state index contributed by atoms with van der Waals surface area (Å²) in [6, 6.07) is 9.94. The third kappa shape index (κ3) is 4.80. The lowest BCUT2D eigenvalue weighted by Crippen LogP contribution is -2.15. The molecule has 1 N–H and O–H groups in total. The Bertz CT molecular complexity index is 963. The van der Waals surface area contributed by atoms with Gasteiger partial charge < -0.3 is 10.1 Å². The van der Waals surface area contributed by atoms with E-state index in [1.54, 1.807) is 29.7 Å². The number of carbonyl (C=O) groups is 1. The molecule has 0 unspecified atom stereocenters. The highest BCUT2D eigenvalue weighted by Gasteiger charge is 2.17. The van der Waals surface area contributed by atoms with Crippen LogP contribution in [0.4, 0.5) is 11.4 Å². The average molecular weight is 402 g/mol. The molecule has 0 saturated carbocycles. The summed E-state index contributed by atoms with van der Waals surface area (Å²) in [5, 5.41) is 16.1. The second-order valence-corrected chi connectivity index (χ2v) is 7.07. The molecule has 10 heteroatoms. The summed E-state index contributed by atoms with van der Waals surface area (Å²) in [4.78, 5) is 32.4. The van der Waals surface area contributed by atoms with E-state index < -0.39 is 10.8 Å². The first-order chi connectivity index (χ1) is 13.1. The van der Waals surface area contributed by atoms with Crippen LogP contribution in [0.5, 0.6) is 5.75 Å². The lowest BCUT2D eigenvalue weighted by atomic mass is 10.2. The monoisotopic (exact) mass is 402 g/mol. The van der Waals surface area contributed by atoms with Gasteiger partial charge in [0.1, 0.15) is 11.4 Å². The number of nitrogens with zero attached hydrogens (tertiary/aromatic N) is 3. The molecule has 0 radical (unpaired) electrons. The van der Waals surface area contributed by atoms with Crippen LogP contribution in [0.25, 0.3) is 10.6 Å². The quantitative estimate of drug-likeness (QED) is 0.277. The van der Waals surface area contributed by atoms with Gasteiger partial charge >= 0.3 is 0 Å². The topological polar surface area (TPSA) is 107 Å². The maximum Gasteiger partial charge on any atom is 0.296 e. The number of thiophene rings is 1. The van der Waals surface area contributed by atoms with Crippen LogP contribution in [-0.2, 0) is 4.79 Å². The summed E-state index contributed by atoms with van der Waals surface area (Å²) < 4.78 is 4.98. The van der Waals surface area contributed by atoms with Gasteiger partial charge in [0, 0.05) is 6.20 Å². The first kappa shape index (κ1) is 18.8. The van der Waals surface area contributed by atoms with Gasteiger partial charge in [-0.15, -0.1) is 11.3 Å². The Balaban J connectivity index is 1.65. The molecule has 1 amide bonds. The van der Waals surface area contributed by atoms with Gasteiger partial charge in [0.2, 0.25) is 5.91 Å². The minimum absolute atomic E-state index is 0.0249. The number of rotatable bonds is 7. The first-order valence-corrected chi connectivity index (χ1v) is 9.55. The molecule has 138 valence electrons. The van der Waals surface area contributed by atoms with Crippen molar-refractivity contribution in [2.45, 2.75) is 5.16 Å². The number of hydrogen-bond acceptors (Lipinski definition) is 8. The standard InChI is InChI=1S/C17H14N4O4S2/c1-25-11-4-5-12(14(9-11)21(23)24)19-16(22)10-27-17-18-7-6-13(20-17)15-3-2-8-26-15/h2-9H,10H2,1H3,(H,19,22). The second-order valence-electron chi connectivity index (χ2n) is 5.18. The molecule has 2 aromatic heterocycles. The normalized spacial score (nSPS) is 10.4. The zero-order valence-electron chi connectivity index (χ0n) is 14.1. The number of benzene rings is 1. The van der Waals surface area contributed by atoms with Gasteiger partial charge in [-0.3, -0.25) is 14.9 Å². The fourth-order valence-electron chi connectivity index (χ4n) is 2.18. The van der Waals surface area contributed by atoms with E-state index in [0.29, 0.717) is 10.9 Å². The Morgan fingerprint density at radius 1 is 1.37 bits per heavy atom. The highest BCUT2D eigenvalue weighted by Crippen LogP contribution is 2.29. The van der Waals surface area contributed by atoms with Gasteiger partial charge in [0.05, 0.1) is 34.4 Å². The fourth-order valence-corrected chi connectivity index (χ4v) is 3.51. The molecule has 0 aliphatic rings. The maximum atomic E-state index is 12.2. The van der Waals surface area contributed by atoms with Crippen molar-refractivity contribution < 1.29 is 14.5 Å². The zero-order valence-corrected chi connectivity index (χ0v) is 15.8. The molecular weight excluding hydrogens is 388 g/mol. The smallest absolute Gasteiger partial charge is 0.296 e. The van der Waals surface area contributed by atoms with Crippen LogP contribution < -0.4 is 10.1 Å². The van der Waals surface area contributed by atoms with Crippen LogP contribution in [0.1, 0.15) is 0 Å². The van der Waals surface area contributed by atoms with Gasteiger partial charge in [0.25, 0.3) is 5.69 Å². The molecular formula is C17H14N4O4S2. The van der Waals surface area contributed by atoms with E-state index in [1.807, 2.05) is 17.5 Å². The van der Waals surface area contributed by atoms with Crippen LogP contribution in [0.3, 0.4) is 0 Å². The Morgan fingerprint density at radius 2 is 2.22 bits per heavy atom. The molecule has 0 aliphatic heterocycles. The Hall–Kier alpha value is -2.98. The number of ether oxygens (including phenoxy) is 1. The number of nitro benzene ring substituents is 1. The number of thioether (sulfide) groups is 1. The van der Waals surface area contributed by atoms with Crippen LogP contribution in [0.15, 0.2) is 53.1 Å². The maximum absolute atomic E-state index is 12.2. The summed E-state index contributed by atoms with van der Waals surface area (Å²) >= 11 is 2.72. The van der Waals surface area contributed by atoms with Gasteiger partial charge in [-0.05, 0) is 29.6 Å². The molecule has 3 aromatic rings. The molecule has 0 spiro atoms. The van der Waals surface area contributed by atoms with Crippen molar-refractivity contribution in [3.05, 3.63) is 58.1 Å². The largest absolute Gasteiger partial charge is 0.496 e. The summed E-state index contributed by atoms with van der Waals surface area (Å²) in [7, 11) is 1.41. The lowest BCUT2D eigenvalue weighted by Gasteiger charge is -2.07. The minimum atomic E-state index is -0.571. The molecule has 1 aromatic carbocycles. The summed E-state index contributed by atoms with van der Waals surface area (Å²) in [5.41, 5.74) is 0.664. The number of anilines is 1. The first-order valence-electron chi connectivity index (χ1n) is 7.69. The molecule has 0 bridgehead atoms. The zero-order chi connectivity index (χ0) is 19.2. The molecule has 3 rings (SSSR count). The van der Waals surface area contributed by atoms with Crippen LogP contribution in [-0.4, -0.2) is 33.7 Å². The molecule has 8 nitrogen and oxygen atoms in total. The summed E-state index contributed by atoms with van der Waals surface area (Å²) in [6.45, 7) is 0. The highest BCUT2D eigenvalue weighted by atomic mass is 32.2. The van der Waals surface area contributed by atoms with Gasteiger partial charge in [-0.25, -0.2) is 9.97 Å². The third-order valence-electron chi connectivity index (χ3n) is 3.42. The predicted octanol–water partition coefficient (Wildman–Crippen LogP) is 3.85. The van der Waals surface area contributed by atoms with E-state index in [2.05, 4.69) is 15.3 Å². The van der Waals surface area contributed by atoms with E-state index in [-0.39, 0.29) is 17.1 Å². The summed E-state index contributed by atoms with van der Waals surface area (Å²) in [5.74, 6) is -0.0249. The second kappa shape index (κ2) is 8.60. The van der Waals surface area contributed by atoms with Crippen molar-refractivity contribution in [2.75, 3.05) is 18.2 Å². The molecule has 2 heterocycles. The minimum Gasteiger partial charge on any atom is -0.496 e. The van der Waals surface area contributed by atoms with Crippen molar-refractivity contribution in [3.8, 4) is 16.3 Å². The van der Waals surface area contributed by atoms with Crippen molar-refractivity contribution in [2.24, 2.45) is 0 Å². The van der Waals surface area contributed by atoms with E-state index in [0.717, 1.165) is 22.3 Å². The third-order valence-corrected chi connectivity index (χ3v) is 5.17. The van der Waals surface area contributed by atoms with Crippen molar-refractivity contribution >= 4 is 40.4 Å². The lowest BCUT2D eigenvalue weighted by molar-refractivity contribution is -0.384. The molecule has 0 atom stereocenters. The van der Waals surface area contributed by atoms with Crippen LogP contribution >= 0.6 is 23.1 Å². The average Bonchev–Trinajstić information content (AvgIpc) is 3.21. The number of carbonyl (C=O) groups excluding carboxylic acids is 1. The van der Waals surface area contributed by atoms with Crippen molar-refractivity contribution in [1.82, 2.24) is 9.97 Å². The van der Waals surface area contributed by atoms with Crippen LogP contribution in [0, 0.1) is 10.1 Å². The molecule has 0 fully saturated rings. The number of amides is 1. The van der Waals surface area contributed by atoms with E-state index >= 15 is 0 Å². The van der Waals surface area contributed by atoms with Gasteiger partial charge in [0.15, 0.2) is 5.16 Å². The Labute approximate surface area is 162 Å². The number of methoxy groups -OCH3 is 1. The highest BCUT2D eigenvalue weighted by molar-refractivity contribution is 7.99. The Morgan fingerprint density at radius 3 is 2.93 bits per heavy atom. The molecule has 0 saturated heterocycles. The fraction of sp³-hybridized carbons (Fsp3) is 0.118. The number of nitro groups is 1. The van der Waals surface area contributed by atoms with Gasteiger partial charge in [-0.2, -0.15) is 0 Å². The number of hydrogen-bond donors (Lipinski definition) is 1. The Kier molecular flexibility index (Phi) is 5.99. The number of nitrogens with one attached hydrogen (secondary N) is 1. The van der Waals surface area contributed by atoms with Crippen molar-refractivity contribution in [1.29, 1.82) is 0 Å². The molecule has 0 aliphatic carbocycles. The van der Waals surface area contributed by atoms with Crippen molar-refractivity contribution in [3.63, 3.8) is 0 Å². The van der Waals surface area contributed by atoms with E-state index in [9.17, 15) is 14.9 Å². The SMILES string of the molecule is COc1ccc(NC(=O)CSc2nccc(-c3cccs3)n2)c([N+](=O)[O-])c1. The van der Waals surface area contributed by atoms with E-state index in [4.69, 9.17) is 4.74 Å². The number of aromatic nitrogens is 2. The predicted molar refractivity (Wildman–Crippen MR) is 104 cm³/mol. The molecule has 27 heavy (non-hydrogen) atoms.